The van der Waals surface area contributed by atoms with Gasteiger partial charge in [-0.25, -0.2) is 0 Å². The Hall–Kier alpha value is -1.77. The highest BCUT2D eigenvalue weighted by Crippen LogP contribution is 2.29. The molecule has 0 saturated carbocycles. The summed E-state index contributed by atoms with van der Waals surface area (Å²) >= 11 is 0. The lowest BCUT2D eigenvalue weighted by Crippen LogP contribution is -2.26. The molecule has 3 heteroatoms. The van der Waals surface area contributed by atoms with Crippen LogP contribution in [0.1, 0.15) is 36.0 Å². The normalized spacial score (nSPS) is 21.7. The maximum absolute atomic E-state index is 12.0. The molecule has 2 heterocycles. The van der Waals surface area contributed by atoms with E-state index in [1.165, 1.54) is 19.3 Å². The number of benzene rings is 1. The minimum atomic E-state index is 0.153. The molecule has 1 aromatic rings. The van der Waals surface area contributed by atoms with Crippen LogP contribution in [0.5, 0.6) is 5.75 Å². The first-order valence-electron chi connectivity index (χ1n) is 6.58. The van der Waals surface area contributed by atoms with Crippen LogP contribution in [-0.2, 0) is 0 Å². The van der Waals surface area contributed by atoms with E-state index in [9.17, 15) is 4.79 Å². The molecular formula is C15H17NO2. The third kappa shape index (κ3) is 2.26. The fourth-order valence-electron chi connectivity index (χ4n) is 2.54. The largest absolute Gasteiger partial charge is 0.459 e. The lowest BCUT2D eigenvalue weighted by molar-refractivity contribution is 0.0962. The predicted molar refractivity (Wildman–Crippen MR) is 69.5 cm³/mol. The monoisotopic (exact) mass is 243 g/mol. The lowest BCUT2D eigenvalue weighted by Gasteiger charge is -2.27. The van der Waals surface area contributed by atoms with Crippen molar-refractivity contribution < 1.29 is 9.53 Å². The van der Waals surface area contributed by atoms with E-state index in [1.807, 2.05) is 30.5 Å². The number of allylic oxidation sites excluding steroid dienone is 1. The van der Waals surface area contributed by atoms with Crippen molar-refractivity contribution in [3.05, 3.63) is 41.8 Å². The standard InChI is InChI=1S/C15H17NO2/c17-14-10-12(11-16-8-4-1-5-9-16)18-15-7-3-2-6-13(14)15/h2-3,6-7,11H,1,4-5,8-10H2/b12-11+. The quantitative estimate of drug-likeness (QED) is 0.759. The predicted octanol–water partition coefficient (Wildman–Crippen LogP) is 2.98. The highest BCUT2D eigenvalue weighted by molar-refractivity contribution is 6.01. The molecule has 0 radical (unpaired) electrons. The average Bonchev–Trinajstić information content (AvgIpc) is 2.40. The number of hydrogen-bond donors (Lipinski definition) is 0. The number of rotatable bonds is 1. The summed E-state index contributed by atoms with van der Waals surface area (Å²) in [4.78, 5) is 14.3. The second-order valence-electron chi connectivity index (χ2n) is 4.89. The van der Waals surface area contributed by atoms with E-state index in [1.54, 1.807) is 0 Å². The van der Waals surface area contributed by atoms with Crippen molar-refractivity contribution in [3.8, 4) is 5.75 Å². The van der Waals surface area contributed by atoms with Gasteiger partial charge in [0.05, 0.1) is 12.0 Å². The summed E-state index contributed by atoms with van der Waals surface area (Å²) in [5.41, 5.74) is 0.702. The molecule has 0 amide bonds. The maximum atomic E-state index is 12.0. The number of fused-ring (bicyclic) bond motifs is 1. The smallest absolute Gasteiger partial charge is 0.174 e. The van der Waals surface area contributed by atoms with Gasteiger partial charge in [-0.3, -0.25) is 4.79 Å². The molecule has 0 N–H and O–H groups in total. The number of hydrogen-bond acceptors (Lipinski definition) is 3. The van der Waals surface area contributed by atoms with E-state index in [0.29, 0.717) is 17.7 Å². The number of para-hydroxylation sites is 1. The zero-order valence-electron chi connectivity index (χ0n) is 10.4. The van der Waals surface area contributed by atoms with Crippen LogP contribution in [0, 0.1) is 0 Å². The second kappa shape index (κ2) is 4.84. The van der Waals surface area contributed by atoms with E-state index < -0.39 is 0 Å². The van der Waals surface area contributed by atoms with Gasteiger partial charge in [0.2, 0.25) is 0 Å². The Morgan fingerprint density at radius 3 is 2.72 bits per heavy atom. The van der Waals surface area contributed by atoms with E-state index in [2.05, 4.69) is 4.90 Å². The molecule has 2 aliphatic heterocycles. The molecule has 1 saturated heterocycles. The van der Waals surface area contributed by atoms with E-state index in [-0.39, 0.29) is 5.78 Å². The van der Waals surface area contributed by atoms with Crippen LogP contribution in [0.3, 0.4) is 0 Å². The van der Waals surface area contributed by atoms with Crippen molar-refractivity contribution >= 4 is 5.78 Å². The molecule has 1 aromatic carbocycles. The summed E-state index contributed by atoms with van der Waals surface area (Å²) in [6.45, 7) is 2.14. The molecule has 18 heavy (non-hydrogen) atoms. The van der Waals surface area contributed by atoms with Gasteiger partial charge >= 0.3 is 0 Å². The van der Waals surface area contributed by atoms with Gasteiger partial charge in [-0.1, -0.05) is 12.1 Å². The van der Waals surface area contributed by atoms with E-state index in [0.717, 1.165) is 18.8 Å². The van der Waals surface area contributed by atoms with Crippen LogP contribution in [0.2, 0.25) is 0 Å². The minimum Gasteiger partial charge on any atom is -0.459 e. The summed E-state index contributed by atoms with van der Waals surface area (Å²) in [6, 6.07) is 7.46. The summed E-state index contributed by atoms with van der Waals surface area (Å²) in [5.74, 6) is 1.62. The van der Waals surface area contributed by atoms with Gasteiger partial charge in [0.15, 0.2) is 5.78 Å². The summed E-state index contributed by atoms with van der Waals surface area (Å²) in [5, 5.41) is 0. The molecule has 3 rings (SSSR count). The Balaban J connectivity index is 1.80. The van der Waals surface area contributed by atoms with Crippen LogP contribution in [-0.4, -0.2) is 23.8 Å². The number of nitrogens with zero attached hydrogens (tertiary/aromatic N) is 1. The average molecular weight is 243 g/mol. The topological polar surface area (TPSA) is 29.5 Å². The molecule has 0 bridgehead atoms. The fourth-order valence-corrected chi connectivity index (χ4v) is 2.54. The number of likely N-dealkylation sites (tertiary alicyclic amines) is 1. The van der Waals surface area contributed by atoms with E-state index >= 15 is 0 Å². The molecule has 0 spiro atoms. The molecule has 0 aromatic heterocycles. The number of Topliss-reactive ketones (excluding diaryl/α,β-unsaturated/α-hetero) is 1. The van der Waals surface area contributed by atoms with Crippen LogP contribution >= 0.6 is 0 Å². The molecule has 0 aliphatic carbocycles. The van der Waals surface area contributed by atoms with Gasteiger partial charge in [0, 0.05) is 19.3 Å². The summed E-state index contributed by atoms with van der Waals surface area (Å²) in [7, 11) is 0. The third-order valence-electron chi connectivity index (χ3n) is 3.48. The third-order valence-corrected chi connectivity index (χ3v) is 3.48. The zero-order valence-corrected chi connectivity index (χ0v) is 10.4. The molecule has 0 atom stereocenters. The number of ether oxygens (including phenoxy) is 1. The van der Waals surface area contributed by atoms with Crippen molar-refractivity contribution in [1.29, 1.82) is 0 Å². The Morgan fingerprint density at radius 2 is 1.89 bits per heavy atom. The van der Waals surface area contributed by atoms with Crippen molar-refractivity contribution in [1.82, 2.24) is 4.90 Å². The van der Waals surface area contributed by atoms with Crippen molar-refractivity contribution in [3.63, 3.8) is 0 Å². The number of piperidine rings is 1. The fraction of sp³-hybridized carbons (Fsp3) is 0.400. The van der Waals surface area contributed by atoms with Gasteiger partial charge in [-0.2, -0.15) is 0 Å². The molecule has 3 nitrogen and oxygen atoms in total. The Morgan fingerprint density at radius 1 is 1.11 bits per heavy atom. The first-order chi connectivity index (χ1) is 8.83. The number of ketones is 1. The molecule has 94 valence electrons. The Labute approximate surface area is 107 Å². The zero-order chi connectivity index (χ0) is 12.4. The van der Waals surface area contributed by atoms with Crippen LogP contribution < -0.4 is 4.74 Å². The Bertz CT molecular complexity index is 487. The van der Waals surface area contributed by atoms with Gasteiger partial charge in [-0.15, -0.1) is 0 Å². The highest BCUT2D eigenvalue weighted by atomic mass is 16.5. The first-order valence-corrected chi connectivity index (χ1v) is 6.58. The Kier molecular flexibility index (Phi) is 3.05. The van der Waals surface area contributed by atoms with Gasteiger partial charge < -0.3 is 9.64 Å². The molecule has 2 aliphatic rings. The number of carbonyl (C=O) groups is 1. The van der Waals surface area contributed by atoms with Gasteiger partial charge in [0.25, 0.3) is 0 Å². The van der Waals surface area contributed by atoms with E-state index in [4.69, 9.17) is 4.74 Å². The second-order valence-corrected chi connectivity index (χ2v) is 4.89. The van der Waals surface area contributed by atoms with Gasteiger partial charge in [0.1, 0.15) is 11.5 Å². The number of carbonyl (C=O) groups excluding carboxylic acids is 1. The van der Waals surface area contributed by atoms with Crippen molar-refractivity contribution in [2.24, 2.45) is 0 Å². The molecule has 1 fully saturated rings. The SMILES string of the molecule is O=C1C/C(=C\N2CCCCC2)Oc2ccccc21. The van der Waals surface area contributed by atoms with Crippen LogP contribution in [0.15, 0.2) is 36.2 Å². The van der Waals surface area contributed by atoms with Crippen molar-refractivity contribution in [2.75, 3.05) is 13.1 Å². The maximum Gasteiger partial charge on any atom is 0.174 e. The molecular weight excluding hydrogens is 226 g/mol. The highest BCUT2D eigenvalue weighted by Gasteiger charge is 2.22. The van der Waals surface area contributed by atoms with Crippen molar-refractivity contribution in [2.45, 2.75) is 25.7 Å². The first kappa shape index (κ1) is 11.3. The lowest BCUT2D eigenvalue weighted by atomic mass is 10.0. The summed E-state index contributed by atoms with van der Waals surface area (Å²) in [6.07, 6.45) is 6.17. The summed E-state index contributed by atoms with van der Waals surface area (Å²) < 4.78 is 5.80. The van der Waals surface area contributed by atoms with Crippen LogP contribution in [0.25, 0.3) is 0 Å². The van der Waals surface area contributed by atoms with Gasteiger partial charge in [-0.05, 0) is 31.4 Å². The van der Waals surface area contributed by atoms with Crippen LogP contribution in [0.4, 0.5) is 0 Å². The molecule has 0 unspecified atom stereocenters. The minimum absolute atomic E-state index is 0.153.